The van der Waals surface area contributed by atoms with Crippen LogP contribution < -0.4 is 5.32 Å². The highest BCUT2D eigenvalue weighted by atomic mass is 32.2. The third kappa shape index (κ3) is 10.1. The van der Waals surface area contributed by atoms with Crippen LogP contribution in [-0.2, 0) is 14.9 Å². The molecule has 1 aromatic rings. The zero-order valence-electron chi connectivity index (χ0n) is 14.9. The van der Waals surface area contributed by atoms with E-state index in [1.807, 2.05) is 6.92 Å². The summed E-state index contributed by atoms with van der Waals surface area (Å²) in [6, 6.07) is 5.78. The number of hydrogen-bond acceptors (Lipinski definition) is 4. The summed E-state index contributed by atoms with van der Waals surface area (Å²) in [6.07, 6.45) is 2.32. The fraction of sp³-hybridized carbons (Fsp3) is 0.471. The third-order valence-electron chi connectivity index (χ3n) is 3.59. The Labute approximate surface area is 145 Å². The van der Waals surface area contributed by atoms with Crippen LogP contribution in [0.15, 0.2) is 41.8 Å². The highest BCUT2D eigenvalue weighted by molar-refractivity contribution is 7.85. The molecule has 0 unspecified atom stereocenters. The fourth-order valence-electron chi connectivity index (χ4n) is 1.65. The van der Waals surface area contributed by atoms with Crippen molar-refractivity contribution in [3.05, 3.63) is 42.5 Å². The Morgan fingerprint density at radius 2 is 1.83 bits per heavy atom. The van der Waals surface area contributed by atoms with E-state index in [1.54, 1.807) is 12.1 Å². The zero-order valence-corrected chi connectivity index (χ0v) is 15.7. The molecule has 0 saturated carbocycles. The summed E-state index contributed by atoms with van der Waals surface area (Å²) in [5, 5.41) is 2.76. The van der Waals surface area contributed by atoms with Gasteiger partial charge in [-0.3, -0.25) is 4.79 Å². The SMILES string of the molecule is C=CC(=O)NCCC[N+](C)(C)CC.Cc1ccc(S(=O)(=O)[O-])cc1. The average molecular weight is 356 g/mol. The zero-order chi connectivity index (χ0) is 18.8. The number of aryl methyl sites for hydroxylation is 1. The standard InChI is InChI=1S/C10H20N2O.C7H8O3S/c1-5-10(13)11-8-7-9-12(3,4)6-2;1-6-2-4-7(5-3-6)11(8,9)10/h5H,1,6-9H2,2-4H3;2-5H,1H3,(H,8,9,10). The molecule has 0 aliphatic rings. The number of benzene rings is 1. The lowest BCUT2D eigenvalue weighted by Gasteiger charge is -2.28. The van der Waals surface area contributed by atoms with Crippen molar-refractivity contribution >= 4 is 16.0 Å². The van der Waals surface area contributed by atoms with E-state index in [1.165, 1.54) is 18.2 Å². The van der Waals surface area contributed by atoms with E-state index >= 15 is 0 Å². The van der Waals surface area contributed by atoms with Crippen LogP contribution in [0.3, 0.4) is 0 Å². The van der Waals surface area contributed by atoms with Crippen molar-refractivity contribution < 1.29 is 22.2 Å². The van der Waals surface area contributed by atoms with Crippen molar-refractivity contribution in [3.63, 3.8) is 0 Å². The number of quaternary nitrogens is 1. The van der Waals surface area contributed by atoms with Crippen LogP contribution in [0.5, 0.6) is 0 Å². The highest BCUT2D eigenvalue weighted by Gasteiger charge is 2.10. The molecule has 1 amide bonds. The minimum atomic E-state index is -4.27. The first kappa shape index (κ1) is 22.3. The minimum absolute atomic E-state index is 0.0817. The molecule has 0 heterocycles. The van der Waals surface area contributed by atoms with Gasteiger partial charge in [0.15, 0.2) is 0 Å². The van der Waals surface area contributed by atoms with Gasteiger partial charge in [0.25, 0.3) is 0 Å². The van der Waals surface area contributed by atoms with E-state index in [-0.39, 0.29) is 10.8 Å². The summed E-state index contributed by atoms with van der Waals surface area (Å²) in [6.45, 7) is 10.3. The van der Waals surface area contributed by atoms with Gasteiger partial charge in [-0.1, -0.05) is 24.3 Å². The average Bonchev–Trinajstić information content (AvgIpc) is 2.51. The Morgan fingerprint density at radius 1 is 1.29 bits per heavy atom. The van der Waals surface area contributed by atoms with E-state index in [0.717, 1.165) is 36.1 Å². The van der Waals surface area contributed by atoms with Crippen LogP contribution in [0.4, 0.5) is 0 Å². The van der Waals surface area contributed by atoms with Gasteiger partial charge in [-0.2, -0.15) is 0 Å². The van der Waals surface area contributed by atoms with E-state index in [4.69, 9.17) is 0 Å². The van der Waals surface area contributed by atoms with Crippen molar-refractivity contribution in [1.29, 1.82) is 0 Å². The number of carbonyl (C=O) groups excluding carboxylic acids is 1. The number of rotatable bonds is 7. The molecule has 136 valence electrons. The largest absolute Gasteiger partial charge is 0.744 e. The maximum absolute atomic E-state index is 10.8. The first-order chi connectivity index (χ1) is 11.0. The summed E-state index contributed by atoms with van der Waals surface area (Å²) in [5.74, 6) is -0.0817. The lowest BCUT2D eigenvalue weighted by molar-refractivity contribution is -0.888. The summed E-state index contributed by atoms with van der Waals surface area (Å²) < 4.78 is 32.2. The van der Waals surface area contributed by atoms with Gasteiger partial charge in [0.2, 0.25) is 5.91 Å². The molecule has 0 saturated heterocycles. The molecule has 0 fully saturated rings. The van der Waals surface area contributed by atoms with Gasteiger partial charge in [-0.15, -0.1) is 0 Å². The minimum Gasteiger partial charge on any atom is -0.744 e. The van der Waals surface area contributed by atoms with Gasteiger partial charge < -0.3 is 14.4 Å². The maximum Gasteiger partial charge on any atom is 0.243 e. The topological polar surface area (TPSA) is 86.3 Å². The van der Waals surface area contributed by atoms with Crippen molar-refractivity contribution in [2.75, 3.05) is 33.7 Å². The van der Waals surface area contributed by atoms with Crippen molar-refractivity contribution in [2.45, 2.75) is 25.2 Å². The molecule has 6 nitrogen and oxygen atoms in total. The second kappa shape index (κ2) is 10.2. The number of nitrogens with zero attached hydrogens (tertiary/aromatic N) is 1. The summed E-state index contributed by atoms with van der Waals surface area (Å²) in [4.78, 5) is 10.6. The van der Waals surface area contributed by atoms with E-state index in [9.17, 15) is 17.8 Å². The summed E-state index contributed by atoms with van der Waals surface area (Å²) >= 11 is 0. The molecule has 0 atom stereocenters. The lowest BCUT2D eigenvalue weighted by Crippen LogP contribution is -2.41. The predicted octanol–water partition coefficient (Wildman–Crippen LogP) is 1.67. The van der Waals surface area contributed by atoms with E-state index in [0.29, 0.717) is 0 Å². The van der Waals surface area contributed by atoms with E-state index < -0.39 is 10.1 Å². The van der Waals surface area contributed by atoms with Crippen molar-refractivity contribution in [2.24, 2.45) is 0 Å². The molecule has 1 aromatic carbocycles. The number of hydrogen-bond donors (Lipinski definition) is 1. The van der Waals surface area contributed by atoms with Gasteiger partial charge in [0.1, 0.15) is 10.1 Å². The number of amides is 1. The van der Waals surface area contributed by atoms with Gasteiger partial charge >= 0.3 is 0 Å². The van der Waals surface area contributed by atoms with Gasteiger partial charge in [-0.05, 0) is 32.1 Å². The van der Waals surface area contributed by atoms with Gasteiger partial charge in [-0.25, -0.2) is 8.42 Å². The first-order valence-corrected chi connectivity index (χ1v) is 9.17. The van der Waals surface area contributed by atoms with Crippen molar-refractivity contribution in [3.8, 4) is 0 Å². The Hall–Kier alpha value is -1.70. The molecular formula is C17H28N2O4S. The quantitative estimate of drug-likeness (QED) is 0.348. The normalized spacial score (nSPS) is 11.2. The van der Waals surface area contributed by atoms with Crippen LogP contribution in [0.1, 0.15) is 18.9 Å². The number of carbonyl (C=O) groups is 1. The van der Waals surface area contributed by atoms with Crippen LogP contribution >= 0.6 is 0 Å². The molecular weight excluding hydrogens is 328 g/mol. The van der Waals surface area contributed by atoms with Crippen LogP contribution in [0, 0.1) is 6.92 Å². The predicted molar refractivity (Wildman–Crippen MR) is 94.5 cm³/mol. The molecule has 1 N–H and O–H groups in total. The Balaban J connectivity index is 0.000000446. The molecule has 0 aliphatic carbocycles. The van der Waals surface area contributed by atoms with Crippen LogP contribution in [0.2, 0.25) is 0 Å². The maximum atomic E-state index is 10.8. The first-order valence-electron chi connectivity index (χ1n) is 7.76. The smallest absolute Gasteiger partial charge is 0.243 e. The van der Waals surface area contributed by atoms with Crippen molar-refractivity contribution in [1.82, 2.24) is 5.32 Å². The molecule has 0 aliphatic heterocycles. The van der Waals surface area contributed by atoms with Gasteiger partial charge in [0, 0.05) is 13.0 Å². The second-order valence-electron chi connectivity index (χ2n) is 6.09. The Bertz CT molecular complexity index is 622. The Kier molecular flexibility index (Phi) is 9.50. The molecule has 0 radical (unpaired) electrons. The highest BCUT2D eigenvalue weighted by Crippen LogP contribution is 2.08. The third-order valence-corrected chi connectivity index (χ3v) is 4.44. The summed E-state index contributed by atoms with van der Waals surface area (Å²) in [5.41, 5.74) is 0.928. The molecule has 24 heavy (non-hydrogen) atoms. The molecule has 7 heteroatoms. The van der Waals surface area contributed by atoms with E-state index in [2.05, 4.69) is 32.9 Å². The summed E-state index contributed by atoms with van der Waals surface area (Å²) in [7, 11) is 0.110. The molecule has 1 rings (SSSR count). The second-order valence-corrected chi connectivity index (χ2v) is 7.47. The fourth-order valence-corrected chi connectivity index (χ4v) is 2.12. The van der Waals surface area contributed by atoms with Gasteiger partial charge in [0.05, 0.1) is 32.1 Å². The van der Waals surface area contributed by atoms with Crippen LogP contribution in [0.25, 0.3) is 0 Å². The molecule has 0 aromatic heterocycles. The number of nitrogens with one attached hydrogen (secondary N) is 1. The lowest BCUT2D eigenvalue weighted by atomic mass is 10.2. The molecule has 0 spiro atoms. The Morgan fingerprint density at radius 3 is 2.25 bits per heavy atom. The monoisotopic (exact) mass is 356 g/mol. The van der Waals surface area contributed by atoms with Crippen LogP contribution in [-0.4, -0.2) is 57.1 Å². The molecule has 0 bridgehead atoms.